The van der Waals surface area contributed by atoms with Crippen molar-refractivity contribution in [3.63, 3.8) is 0 Å². The highest BCUT2D eigenvalue weighted by atomic mass is 19.1. The average Bonchev–Trinajstić information content (AvgIpc) is 2.18. The SMILES string of the molecule is O=C(Cc1ccccc1)C(F)CO. The molecule has 0 amide bonds. The van der Waals surface area contributed by atoms with Gasteiger partial charge in [0.1, 0.15) is 0 Å². The first-order chi connectivity index (χ1) is 6.24. The average molecular weight is 182 g/mol. The van der Waals surface area contributed by atoms with E-state index in [1.165, 1.54) is 0 Å². The summed E-state index contributed by atoms with van der Waals surface area (Å²) in [4.78, 5) is 11.0. The molecule has 0 heterocycles. The lowest BCUT2D eigenvalue weighted by molar-refractivity contribution is -0.124. The van der Waals surface area contributed by atoms with Crippen LogP contribution in [0, 0.1) is 0 Å². The lowest BCUT2D eigenvalue weighted by Gasteiger charge is -2.03. The van der Waals surface area contributed by atoms with Gasteiger partial charge in [-0.2, -0.15) is 0 Å². The van der Waals surface area contributed by atoms with E-state index in [-0.39, 0.29) is 6.42 Å². The van der Waals surface area contributed by atoms with Crippen molar-refractivity contribution in [1.82, 2.24) is 0 Å². The predicted octanol–water partition coefficient (Wildman–Crippen LogP) is 1.13. The maximum Gasteiger partial charge on any atom is 0.181 e. The first-order valence-corrected chi connectivity index (χ1v) is 4.05. The van der Waals surface area contributed by atoms with Crippen molar-refractivity contribution >= 4 is 5.78 Å². The second-order valence-electron chi connectivity index (χ2n) is 2.78. The first-order valence-electron chi connectivity index (χ1n) is 4.05. The number of carbonyl (C=O) groups excluding carboxylic acids is 1. The number of Topliss-reactive ketones (excluding diaryl/α,β-unsaturated/α-hetero) is 1. The van der Waals surface area contributed by atoms with Crippen LogP contribution >= 0.6 is 0 Å². The Morgan fingerprint density at radius 1 is 1.38 bits per heavy atom. The van der Waals surface area contributed by atoms with Gasteiger partial charge < -0.3 is 5.11 Å². The molecule has 0 aliphatic rings. The summed E-state index contributed by atoms with van der Waals surface area (Å²) in [7, 11) is 0. The summed E-state index contributed by atoms with van der Waals surface area (Å²) in [5.74, 6) is -0.575. The third-order valence-electron chi connectivity index (χ3n) is 1.73. The minimum Gasteiger partial charge on any atom is -0.393 e. The number of halogens is 1. The van der Waals surface area contributed by atoms with Gasteiger partial charge in [0.25, 0.3) is 0 Å². The molecular weight excluding hydrogens is 171 g/mol. The van der Waals surface area contributed by atoms with Crippen LogP contribution in [0.15, 0.2) is 30.3 Å². The van der Waals surface area contributed by atoms with Gasteiger partial charge in [-0.05, 0) is 5.56 Å². The van der Waals surface area contributed by atoms with Crippen LogP contribution in [0.2, 0.25) is 0 Å². The highest BCUT2D eigenvalue weighted by Crippen LogP contribution is 2.03. The number of hydrogen-bond donors (Lipinski definition) is 1. The van der Waals surface area contributed by atoms with E-state index in [4.69, 9.17) is 5.11 Å². The van der Waals surface area contributed by atoms with Crippen LogP contribution in [0.25, 0.3) is 0 Å². The summed E-state index contributed by atoms with van der Waals surface area (Å²) in [6.07, 6.45) is -1.71. The number of alkyl halides is 1. The highest BCUT2D eigenvalue weighted by molar-refractivity contribution is 5.85. The Kier molecular flexibility index (Phi) is 3.58. The van der Waals surface area contributed by atoms with Gasteiger partial charge in [0, 0.05) is 6.42 Å². The Bertz CT molecular complexity index is 272. The topological polar surface area (TPSA) is 37.3 Å². The zero-order chi connectivity index (χ0) is 9.68. The first kappa shape index (κ1) is 9.86. The normalized spacial score (nSPS) is 12.5. The number of carbonyl (C=O) groups is 1. The number of ketones is 1. The zero-order valence-electron chi connectivity index (χ0n) is 7.11. The van der Waals surface area contributed by atoms with Gasteiger partial charge in [-0.25, -0.2) is 4.39 Å². The van der Waals surface area contributed by atoms with E-state index < -0.39 is 18.6 Å². The molecule has 1 rings (SSSR count). The molecule has 1 aromatic carbocycles. The van der Waals surface area contributed by atoms with Crippen LogP contribution in [0.1, 0.15) is 5.56 Å². The standard InChI is InChI=1S/C10H11FO2/c11-9(7-12)10(13)6-8-4-2-1-3-5-8/h1-5,9,12H,6-7H2. The van der Waals surface area contributed by atoms with E-state index in [2.05, 4.69) is 0 Å². The molecule has 3 heteroatoms. The lowest BCUT2D eigenvalue weighted by Crippen LogP contribution is -2.21. The lowest BCUT2D eigenvalue weighted by atomic mass is 10.1. The second kappa shape index (κ2) is 4.72. The number of aliphatic hydroxyl groups is 1. The second-order valence-corrected chi connectivity index (χ2v) is 2.78. The van der Waals surface area contributed by atoms with Gasteiger partial charge in [0.05, 0.1) is 6.61 Å². The third kappa shape index (κ3) is 2.95. The molecule has 0 aromatic heterocycles. The van der Waals surface area contributed by atoms with Crippen LogP contribution in [-0.4, -0.2) is 23.7 Å². The minimum absolute atomic E-state index is 0.0442. The van der Waals surface area contributed by atoms with Crippen LogP contribution in [0.3, 0.4) is 0 Å². The quantitative estimate of drug-likeness (QED) is 0.757. The molecule has 0 spiro atoms. The molecule has 0 radical (unpaired) electrons. The van der Waals surface area contributed by atoms with E-state index in [9.17, 15) is 9.18 Å². The van der Waals surface area contributed by atoms with Gasteiger partial charge in [-0.15, -0.1) is 0 Å². The molecule has 1 atom stereocenters. The molecule has 1 N–H and O–H groups in total. The number of aliphatic hydroxyl groups excluding tert-OH is 1. The molecule has 1 aromatic rings. The van der Waals surface area contributed by atoms with Crippen LogP contribution in [0.4, 0.5) is 4.39 Å². The highest BCUT2D eigenvalue weighted by Gasteiger charge is 2.15. The Balaban J connectivity index is 2.55. The Morgan fingerprint density at radius 3 is 2.54 bits per heavy atom. The molecule has 70 valence electrons. The van der Waals surface area contributed by atoms with Gasteiger partial charge in [0.15, 0.2) is 12.0 Å². The molecule has 13 heavy (non-hydrogen) atoms. The van der Waals surface area contributed by atoms with Gasteiger partial charge in [0.2, 0.25) is 0 Å². The number of benzene rings is 1. The third-order valence-corrected chi connectivity index (χ3v) is 1.73. The molecule has 0 saturated carbocycles. The summed E-state index contributed by atoms with van der Waals surface area (Å²) < 4.78 is 12.6. The monoisotopic (exact) mass is 182 g/mol. The molecule has 2 nitrogen and oxygen atoms in total. The number of rotatable bonds is 4. The summed E-state index contributed by atoms with van der Waals surface area (Å²) in [5.41, 5.74) is 0.767. The molecule has 0 aliphatic heterocycles. The van der Waals surface area contributed by atoms with E-state index in [0.29, 0.717) is 0 Å². The van der Waals surface area contributed by atoms with E-state index in [1.54, 1.807) is 24.3 Å². The van der Waals surface area contributed by atoms with Crippen molar-refractivity contribution in [2.75, 3.05) is 6.61 Å². The fourth-order valence-corrected chi connectivity index (χ4v) is 1.01. The van der Waals surface area contributed by atoms with Crippen molar-refractivity contribution in [1.29, 1.82) is 0 Å². The van der Waals surface area contributed by atoms with Gasteiger partial charge in [-0.3, -0.25) is 4.79 Å². The number of hydrogen-bond acceptors (Lipinski definition) is 2. The van der Waals surface area contributed by atoms with Crippen molar-refractivity contribution < 1.29 is 14.3 Å². The van der Waals surface area contributed by atoms with Crippen molar-refractivity contribution in [2.24, 2.45) is 0 Å². The molecule has 0 bridgehead atoms. The summed E-state index contributed by atoms with van der Waals surface area (Å²) in [5, 5.41) is 8.39. The van der Waals surface area contributed by atoms with Crippen molar-refractivity contribution in [2.45, 2.75) is 12.6 Å². The largest absolute Gasteiger partial charge is 0.393 e. The Morgan fingerprint density at radius 2 is 2.00 bits per heavy atom. The smallest absolute Gasteiger partial charge is 0.181 e. The fourth-order valence-electron chi connectivity index (χ4n) is 1.01. The van der Waals surface area contributed by atoms with E-state index in [0.717, 1.165) is 5.56 Å². The molecule has 0 aliphatic carbocycles. The zero-order valence-corrected chi connectivity index (χ0v) is 7.11. The summed E-state index contributed by atoms with van der Waals surface area (Å²) in [6.45, 7) is -0.730. The fraction of sp³-hybridized carbons (Fsp3) is 0.300. The molecular formula is C10H11FO2. The van der Waals surface area contributed by atoms with Crippen molar-refractivity contribution in [3.8, 4) is 0 Å². The van der Waals surface area contributed by atoms with Gasteiger partial charge >= 0.3 is 0 Å². The predicted molar refractivity (Wildman–Crippen MR) is 47.1 cm³/mol. The minimum atomic E-state index is -1.75. The van der Waals surface area contributed by atoms with E-state index >= 15 is 0 Å². The molecule has 0 saturated heterocycles. The molecule has 1 unspecified atom stereocenters. The summed E-state index contributed by atoms with van der Waals surface area (Å²) in [6, 6.07) is 8.90. The van der Waals surface area contributed by atoms with Crippen LogP contribution < -0.4 is 0 Å². The Labute approximate surface area is 76.0 Å². The van der Waals surface area contributed by atoms with Crippen molar-refractivity contribution in [3.05, 3.63) is 35.9 Å². The maximum atomic E-state index is 12.6. The van der Waals surface area contributed by atoms with Crippen LogP contribution in [0.5, 0.6) is 0 Å². The van der Waals surface area contributed by atoms with Gasteiger partial charge in [-0.1, -0.05) is 30.3 Å². The maximum absolute atomic E-state index is 12.6. The summed E-state index contributed by atoms with van der Waals surface area (Å²) >= 11 is 0. The van der Waals surface area contributed by atoms with Crippen LogP contribution in [-0.2, 0) is 11.2 Å². The van der Waals surface area contributed by atoms with E-state index in [1.807, 2.05) is 6.07 Å². The molecule has 0 fully saturated rings. The Hall–Kier alpha value is -1.22.